The van der Waals surface area contributed by atoms with Gasteiger partial charge in [-0.2, -0.15) is 0 Å². The van der Waals surface area contributed by atoms with Crippen LogP contribution in [0.4, 0.5) is 0 Å². The molecule has 0 spiro atoms. The standard InChI is InChI=1S/C12H21N3O/c1-3-6-14-9-11-4-7-15(10-11)8-5-12(16)13-2/h4,7,10,14H,3,5-6,8-9H2,1-2H3,(H,13,16). The first-order valence-corrected chi connectivity index (χ1v) is 5.82. The second kappa shape index (κ2) is 7.06. The van der Waals surface area contributed by atoms with E-state index in [4.69, 9.17) is 0 Å². The topological polar surface area (TPSA) is 46.1 Å². The third kappa shape index (κ3) is 4.49. The Balaban J connectivity index is 2.30. The first-order valence-electron chi connectivity index (χ1n) is 5.82. The van der Waals surface area contributed by atoms with Gasteiger partial charge in [0.25, 0.3) is 0 Å². The van der Waals surface area contributed by atoms with Crippen LogP contribution in [0.3, 0.4) is 0 Å². The van der Waals surface area contributed by atoms with Crippen molar-refractivity contribution in [1.82, 2.24) is 15.2 Å². The summed E-state index contributed by atoms with van der Waals surface area (Å²) < 4.78 is 2.05. The molecule has 0 saturated carbocycles. The van der Waals surface area contributed by atoms with Crippen LogP contribution in [0.5, 0.6) is 0 Å². The molecule has 0 aromatic carbocycles. The van der Waals surface area contributed by atoms with Gasteiger partial charge >= 0.3 is 0 Å². The monoisotopic (exact) mass is 223 g/mol. The van der Waals surface area contributed by atoms with Gasteiger partial charge in [-0.1, -0.05) is 6.92 Å². The minimum atomic E-state index is 0.0827. The molecule has 0 bridgehead atoms. The van der Waals surface area contributed by atoms with Crippen molar-refractivity contribution in [2.45, 2.75) is 32.9 Å². The second-order valence-electron chi connectivity index (χ2n) is 3.86. The largest absolute Gasteiger partial charge is 0.359 e. The lowest BCUT2D eigenvalue weighted by Gasteiger charge is -2.02. The van der Waals surface area contributed by atoms with Gasteiger partial charge in [0.2, 0.25) is 5.91 Å². The highest BCUT2D eigenvalue weighted by molar-refractivity contribution is 5.75. The van der Waals surface area contributed by atoms with Crippen LogP contribution in [0.15, 0.2) is 18.5 Å². The van der Waals surface area contributed by atoms with Crippen molar-refractivity contribution < 1.29 is 4.79 Å². The number of nitrogens with one attached hydrogen (secondary N) is 2. The van der Waals surface area contributed by atoms with Crippen molar-refractivity contribution in [2.24, 2.45) is 0 Å². The molecule has 0 radical (unpaired) electrons. The van der Waals surface area contributed by atoms with Crippen LogP contribution < -0.4 is 10.6 Å². The smallest absolute Gasteiger partial charge is 0.221 e. The first-order chi connectivity index (χ1) is 7.76. The Hall–Kier alpha value is -1.29. The number of carbonyl (C=O) groups excluding carboxylic acids is 1. The maximum absolute atomic E-state index is 11.1. The summed E-state index contributed by atoms with van der Waals surface area (Å²) in [5, 5.41) is 5.97. The Morgan fingerprint density at radius 2 is 2.31 bits per heavy atom. The van der Waals surface area contributed by atoms with Crippen molar-refractivity contribution in [3.05, 3.63) is 24.0 Å². The predicted molar refractivity (Wildman–Crippen MR) is 65.1 cm³/mol. The molecule has 0 aliphatic carbocycles. The van der Waals surface area contributed by atoms with Gasteiger partial charge in [-0.25, -0.2) is 0 Å². The molecular weight excluding hydrogens is 202 g/mol. The van der Waals surface area contributed by atoms with Gasteiger partial charge in [0, 0.05) is 39.0 Å². The van der Waals surface area contributed by atoms with Gasteiger partial charge in [-0.15, -0.1) is 0 Å². The summed E-state index contributed by atoms with van der Waals surface area (Å²) in [6, 6.07) is 2.09. The molecular formula is C12H21N3O. The molecule has 16 heavy (non-hydrogen) atoms. The van der Waals surface area contributed by atoms with Gasteiger partial charge in [-0.3, -0.25) is 4.79 Å². The molecule has 1 rings (SSSR count). The molecule has 0 fully saturated rings. The van der Waals surface area contributed by atoms with E-state index in [2.05, 4.69) is 34.4 Å². The number of aromatic nitrogens is 1. The minimum absolute atomic E-state index is 0.0827. The van der Waals surface area contributed by atoms with Gasteiger partial charge in [-0.05, 0) is 24.6 Å². The molecule has 1 heterocycles. The van der Waals surface area contributed by atoms with Crippen molar-refractivity contribution >= 4 is 5.91 Å². The Labute approximate surface area is 97.0 Å². The molecule has 0 aliphatic rings. The first kappa shape index (κ1) is 12.8. The number of amides is 1. The van der Waals surface area contributed by atoms with Crippen molar-refractivity contribution in [3.8, 4) is 0 Å². The number of carbonyl (C=O) groups is 1. The fourth-order valence-corrected chi connectivity index (χ4v) is 1.50. The van der Waals surface area contributed by atoms with Gasteiger partial charge < -0.3 is 15.2 Å². The zero-order chi connectivity index (χ0) is 11.8. The fourth-order valence-electron chi connectivity index (χ4n) is 1.50. The molecule has 0 aliphatic heterocycles. The summed E-state index contributed by atoms with van der Waals surface area (Å²) in [6.45, 7) is 4.85. The SMILES string of the molecule is CCCNCc1ccn(CCC(=O)NC)c1. The summed E-state index contributed by atoms with van der Waals surface area (Å²) >= 11 is 0. The maximum Gasteiger partial charge on any atom is 0.221 e. The van der Waals surface area contributed by atoms with Crippen molar-refractivity contribution in [1.29, 1.82) is 0 Å². The van der Waals surface area contributed by atoms with E-state index in [1.165, 1.54) is 5.56 Å². The number of rotatable bonds is 7. The number of hydrogen-bond donors (Lipinski definition) is 2. The lowest BCUT2D eigenvalue weighted by molar-refractivity contribution is -0.120. The van der Waals surface area contributed by atoms with E-state index in [1.807, 2.05) is 6.20 Å². The third-order valence-electron chi connectivity index (χ3n) is 2.44. The molecule has 2 N–H and O–H groups in total. The van der Waals surface area contributed by atoms with Crippen LogP contribution in [-0.2, 0) is 17.9 Å². The number of aryl methyl sites for hydroxylation is 1. The lowest BCUT2D eigenvalue weighted by Crippen LogP contribution is -2.19. The molecule has 4 heteroatoms. The summed E-state index contributed by atoms with van der Waals surface area (Å²) in [6.07, 6.45) is 5.79. The highest BCUT2D eigenvalue weighted by atomic mass is 16.1. The summed E-state index contributed by atoms with van der Waals surface area (Å²) in [7, 11) is 1.66. The Morgan fingerprint density at radius 3 is 3.00 bits per heavy atom. The lowest BCUT2D eigenvalue weighted by atomic mass is 10.3. The zero-order valence-corrected chi connectivity index (χ0v) is 10.1. The normalized spacial score (nSPS) is 10.4. The van der Waals surface area contributed by atoms with Crippen LogP contribution in [0.2, 0.25) is 0 Å². The van der Waals surface area contributed by atoms with Crippen molar-refractivity contribution in [2.75, 3.05) is 13.6 Å². The van der Waals surface area contributed by atoms with E-state index < -0.39 is 0 Å². The third-order valence-corrected chi connectivity index (χ3v) is 2.44. The average molecular weight is 223 g/mol. The molecule has 1 aromatic rings. The van der Waals surface area contributed by atoms with E-state index in [-0.39, 0.29) is 5.91 Å². The molecule has 1 amide bonds. The highest BCUT2D eigenvalue weighted by Gasteiger charge is 2.00. The van der Waals surface area contributed by atoms with Gasteiger partial charge in [0.05, 0.1) is 0 Å². The van der Waals surface area contributed by atoms with Gasteiger partial charge in [0.15, 0.2) is 0 Å². The summed E-state index contributed by atoms with van der Waals surface area (Å²) in [5.41, 5.74) is 1.27. The predicted octanol–water partition coefficient (Wildman–Crippen LogP) is 1.12. The van der Waals surface area contributed by atoms with Gasteiger partial charge in [0.1, 0.15) is 0 Å². The molecule has 0 unspecified atom stereocenters. The Morgan fingerprint density at radius 1 is 1.50 bits per heavy atom. The summed E-state index contributed by atoms with van der Waals surface area (Å²) in [5.74, 6) is 0.0827. The Kier molecular flexibility index (Phi) is 5.64. The highest BCUT2D eigenvalue weighted by Crippen LogP contribution is 2.02. The molecule has 1 aromatic heterocycles. The molecule has 4 nitrogen and oxygen atoms in total. The molecule has 90 valence electrons. The van der Waals surface area contributed by atoms with Crippen LogP contribution >= 0.6 is 0 Å². The quantitative estimate of drug-likeness (QED) is 0.681. The zero-order valence-electron chi connectivity index (χ0n) is 10.1. The molecule has 0 saturated heterocycles. The average Bonchev–Trinajstić information content (AvgIpc) is 2.74. The van der Waals surface area contributed by atoms with E-state index in [1.54, 1.807) is 7.05 Å². The van der Waals surface area contributed by atoms with E-state index in [0.29, 0.717) is 6.42 Å². The van der Waals surface area contributed by atoms with Crippen LogP contribution in [0.25, 0.3) is 0 Å². The summed E-state index contributed by atoms with van der Waals surface area (Å²) in [4.78, 5) is 11.1. The van der Waals surface area contributed by atoms with Crippen LogP contribution in [-0.4, -0.2) is 24.1 Å². The fraction of sp³-hybridized carbons (Fsp3) is 0.583. The van der Waals surface area contributed by atoms with Crippen LogP contribution in [0, 0.1) is 0 Å². The van der Waals surface area contributed by atoms with E-state index >= 15 is 0 Å². The second-order valence-corrected chi connectivity index (χ2v) is 3.86. The maximum atomic E-state index is 11.1. The Bertz CT molecular complexity index is 320. The molecule has 0 atom stereocenters. The van der Waals surface area contributed by atoms with Crippen molar-refractivity contribution in [3.63, 3.8) is 0 Å². The minimum Gasteiger partial charge on any atom is -0.359 e. The van der Waals surface area contributed by atoms with E-state index in [0.717, 1.165) is 26.1 Å². The number of nitrogens with zero attached hydrogens (tertiary/aromatic N) is 1. The van der Waals surface area contributed by atoms with E-state index in [9.17, 15) is 4.79 Å². The number of hydrogen-bond acceptors (Lipinski definition) is 2. The van der Waals surface area contributed by atoms with Crippen LogP contribution in [0.1, 0.15) is 25.3 Å².